The fourth-order valence-electron chi connectivity index (χ4n) is 3.20. The molecule has 0 aliphatic carbocycles. The van der Waals surface area contributed by atoms with E-state index in [1.54, 1.807) is 0 Å². The van der Waals surface area contributed by atoms with Crippen molar-refractivity contribution in [2.75, 3.05) is 26.2 Å². The summed E-state index contributed by atoms with van der Waals surface area (Å²) in [5, 5.41) is 6.30. The highest BCUT2D eigenvalue weighted by atomic mass is 16.5. The lowest BCUT2D eigenvalue weighted by atomic mass is 9.89. The van der Waals surface area contributed by atoms with Crippen LogP contribution in [0.15, 0.2) is 0 Å². The van der Waals surface area contributed by atoms with Crippen LogP contribution in [0.5, 0.6) is 0 Å². The molecule has 0 aromatic rings. The molecule has 0 radical (unpaired) electrons. The van der Waals surface area contributed by atoms with E-state index in [-0.39, 0.29) is 30.0 Å². The van der Waals surface area contributed by atoms with E-state index in [4.69, 9.17) is 9.47 Å². The first-order valence-electron chi connectivity index (χ1n) is 7.85. The topological polar surface area (TPSA) is 59.6 Å². The first-order chi connectivity index (χ1) is 9.59. The lowest BCUT2D eigenvalue weighted by Gasteiger charge is -2.23. The van der Waals surface area contributed by atoms with E-state index in [2.05, 4.69) is 17.6 Å². The van der Waals surface area contributed by atoms with Gasteiger partial charge in [0, 0.05) is 6.54 Å². The molecule has 0 saturated carbocycles. The van der Waals surface area contributed by atoms with Crippen LogP contribution in [-0.4, -0.2) is 50.5 Å². The molecule has 2 saturated heterocycles. The first-order valence-corrected chi connectivity index (χ1v) is 7.85. The van der Waals surface area contributed by atoms with Gasteiger partial charge in [0.05, 0.1) is 30.8 Å². The summed E-state index contributed by atoms with van der Waals surface area (Å²) in [5.74, 6) is 0.336. The van der Waals surface area contributed by atoms with Gasteiger partial charge in [-0.05, 0) is 45.7 Å². The summed E-state index contributed by atoms with van der Waals surface area (Å²) in [7, 11) is 0. The number of carbonyl (C=O) groups is 1. The van der Waals surface area contributed by atoms with Crippen LogP contribution < -0.4 is 10.6 Å². The second-order valence-electron chi connectivity index (χ2n) is 6.04. The zero-order valence-electron chi connectivity index (χ0n) is 12.9. The molecule has 5 heteroatoms. The Morgan fingerprint density at radius 2 is 1.95 bits per heavy atom. The maximum atomic E-state index is 12.2. The SMILES string of the molecule is CC1OC(C)C(C(=O)NCCOC2CCNCC2)C1C. The molecule has 0 aromatic heterocycles. The third-order valence-corrected chi connectivity index (χ3v) is 4.59. The molecule has 4 atom stereocenters. The molecule has 2 aliphatic rings. The van der Waals surface area contributed by atoms with Crippen molar-refractivity contribution in [3.8, 4) is 0 Å². The molecule has 2 aliphatic heterocycles. The summed E-state index contributed by atoms with van der Waals surface area (Å²) < 4.78 is 11.5. The van der Waals surface area contributed by atoms with Crippen molar-refractivity contribution < 1.29 is 14.3 Å². The second-order valence-corrected chi connectivity index (χ2v) is 6.04. The number of amides is 1. The van der Waals surface area contributed by atoms with E-state index < -0.39 is 0 Å². The zero-order chi connectivity index (χ0) is 14.5. The molecule has 1 amide bonds. The van der Waals surface area contributed by atoms with Gasteiger partial charge in [0.1, 0.15) is 0 Å². The Labute approximate surface area is 121 Å². The van der Waals surface area contributed by atoms with Crippen LogP contribution in [-0.2, 0) is 14.3 Å². The normalized spacial score (nSPS) is 35.1. The Kier molecular flexibility index (Phi) is 5.81. The quantitative estimate of drug-likeness (QED) is 0.737. The summed E-state index contributed by atoms with van der Waals surface area (Å²) in [5.41, 5.74) is 0. The highest BCUT2D eigenvalue weighted by molar-refractivity contribution is 5.79. The van der Waals surface area contributed by atoms with Gasteiger partial charge >= 0.3 is 0 Å². The van der Waals surface area contributed by atoms with Gasteiger partial charge in [-0.2, -0.15) is 0 Å². The highest BCUT2D eigenvalue weighted by Crippen LogP contribution is 2.32. The van der Waals surface area contributed by atoms with Gasteiger partial charge in [0.25, 0.3) is 0 Å². The number of hydrogen-bond donors (Lipinski definition) is 2. The Bertz CT molecular complexity index is 318. The summed E-state index contributed by atoms with van der Waals surface area (Å²) in [6.07, 6.45) is 2.64. The van der Waals surface area contributed by atoms with E-state index in [0.29, 0.717) is 19.3 Å². The average Bonchev–Trinajstić information content (AvgIpc) is 2.69. The van der Waals surface area contributed by atoms with Crippen molar-refractivity contribution in [3.63, 3.8) is 0 Å². The molecule has 0 aromatic carbocycles. The first kappa shape index (κ1) is 15.7. The van der Waals surface area contributed by atoms with Crippen molar-refractivity contribution in [1.29, 1.82) is 0 Å². The standard InChI is InChI=1S/C15H28N2O3/c1-10-11(2)20-12(3)14(10)15(18)17-8-9-19-13-4-6-16-7-5-13/h10-14,16H,4-9H2,1-3H3,(H,17,18). The lowest BCUT2D eigenvalue weighted by molar-refractivity contribution is -0.127. The largest absolute Gasteiger partial charge is 0.376 e. The molecule has 2 heterocycles. The Morgan fingerprint density at radius 3 is 2.55 bits per heavy atom. The smallest absolute Gasteiger partial charge is 0.226 e. The van der Waals surface area contributed by atoms with Crippen molar-refractivity contribution >= 4 is 5.91 Å². The van der Waals surface area contributed by atoms with Crippen LogP contribution in [0.3, 0.4) is 0 Å². The van der Waals surface area contributed by atoms with Gasteiger partial charge in [-0.1, -0.05) is 6.92 Å². The monoisotopic (exact) mass is 284 g/mol. The molecule has 2 fully saturated rings. The van der Waals surface area contributed by atoms with Crippen LogP contribution in [0.2, 0.25) is 0 Å². The van der Waals surface area contributed by atoms with Crippen molar-refractivity contribution in [2.45, 2.75) is 51.9 Å². The molecule has 4 unspecified atom stereocenters. The number of carbonyl (C=O) groups excluding carboxylic acids is 1. The van der Waals surface area contributed by atoms with Gasteiger partial charge < -0.3 is 20.1 Å². The van der Waals surface area contributed by atoms with E-state index in [0.717, 1.165) is 25.9 Å². The Hall–Kier alpha value is -0.650. The van der Waals surface area contributed by atoms with Crippen molar-refractivity contribution in [3.05, 3.63) is 0 Å². The van der Waals surface area contributed by atoms with E-state index in [1.165, 1.54) is 0 Å². The minimum atomic E-state index is -0.0381. The fraction of sp³-hybridized carbons (Fsp3) is 0.933. The van der Waals surface area contributed by atoms with Gasteiger partial charge in [-0.15, -0.1) is 0 Å². The molecular weight excluding hydrogens is 256 g/mol. The minimum absolute atomic E-state index is 0.00494. The van der Waals surface area contributed by atoms with E-state index in [1.807, 2.05) is 13.8 Å². The molecule has 0 bridgehead atoms. The molecule has 2 rings (SSSR count). The van der Waals surface area contributed by atoms with Gasteiger partial charge in [-0.3, -0.25) is 4.79 Å². The summed E-state index contributed by atoms with van der Waals surface area (Å²) in [6.45, 7) is 9.36. The van der Waals surface area contributed by atoms with Crippen LogP contribution in [0.25, 0.3) is 0 Å². The lowest BCUT2D eigenvalue weighted by Crippen LogP contribution is -2.39. The molecule has 5 nitrogen and oxygen atoms in total. The van der Waals surface area contributed by atoms with Crippen LogP contribution >= 0.6 is 0 Å². The van der Waals surface area contributed by atoms with Crippen LogP contribution in [0, 0.1) is 11.8 Å². The minimum Gasteiger partial charge on any atom is -0.376 e. The maximum Gasteiger partial charge on any atom is 0.226 e. The highest BCUT2D eigenvalue weighted by Gasteiger charge is 2.41. The van der Waals surface area contributed by atoms with Gasteiger partial charge in [0.15, 0.2) is 0 Å². The fourth-order valence-corrected chi connectivity index (χ4v) is 3.20. The molecule has 20 heavy (non-hydrogen) atoms. The third kappa shape index (κ3) is 3.93. The van der Waals surface area contributed by atoms with Crippen molar-refractivity contribution in [2.24, 2.45) is 11.8 Å². The number of nitrogens with one attached hydrogen (secondary N) is 2. The number of ether oxygens (including phenoxy) is 2. The molecule has 2 N–H and O–H groups in total. The predicted octanol–water partition coefficient (Wildman–Crippen LogP) is 0.931. The van der Waals surface area contributed by atoms with Gasteiger partial charge in [0.2, 0.25) is 5.91 Å². The van der Waals surface area contributed by atoms with Crippen LogP contribution in [0.1, 0.15) is 33.6 Å². The average molecular weight is 284 g/mol. The second kappa shape index (κ2) is 7.38. The van der Waals surface area contributed by atoms with Gasteiger partial charge in [-0.25, -0.2) is 0 Å². The number of piperidine rings is 1. The Morgan fingerprint density at radius 1 is 1.25 bits per heavy atom. The molecule has 0 spiro atoms. The summed E-state index contributed by atoms with van der Waals surface area (Å²) >= 11 is 0. The Balaban J connectivity index is 1.64. The van der Waals surface area contributed by atoms with E-state index in [9.17, 15) is 4.79 Å². The molecule has 116 valence electrons. The van der Waals surface area contributed by atoms with E-state index >= 15 is 0 Å². The van der Waals surface area contributed by atoms with Crippen LogP contribution in [0.4, 0.5) is 0 Å². The van der Waals surface area contributed by atoms with Crippen molar-refractivity contribution in [1.82, 2.24) is 10.6 Å². The summed E-state index contributed by atoms with van der Waals surface area (Å²) in [4.78, 5) is 12.2. The zero-order valence-corrected chi connectivity index (χ0v) is 12.9. The molecular formula is C15H28N2O3. The maximum absolute atomic E-state index is 12.2. The third-order valence-electron chi connectivity index (χ3n) is 4.59. The summed E-state index contributed by atoms with van der Waals surface area (Å²) in [6, 6.07) is 0. The predicted molar refractivity (Wildman–Crippen MR) is 77.5 cm³/mol. The number of hydrogen-bond acceptors (Lipinski definition) is 4. The number of rotatable bonds is 5.